The molecule has 5 nitrogen and oxygen atoms in total. The number of thioether (sulfide) groups is 1. The minimum atomic E-state index is -5.33. The lowest BCUT2D eigenvalue weighted by molar-refractivity contribution is -0.261. The van der Waals surface area contributed by atoms with E-state index in [4.69, 9.17) is 0 Å². The molecule has 1 aromatic rings. The molecule has 0 unspecified atom stereocenters. The Kier molecular flexibility index (Phi) is 5.84. The lowest BCUT2D eigenvalue weighted by Gasteiger charge is -2.26. The second-order valence-electron chi connectivity index (χ2n) is 4.31. The number of carbonyl (C=O) groups excluding carboxylic acids is 2. The first kappa shape index (κ1) is 18.3. The second kappa shape index (κ2) is 7.01. The normalized spacial score (nSPS) is 14.1. The van der Waals surface area contributed by atoms with Crippen LogP contribution in [0.3, 0.4) is 0 Å². The minimum absolute atomic E-state index is 0.256. The number of hydrogen-bond donors (Lipinski definition) is 2. The van der Waals surface area contributed by atoms with E-state index in [1.807, 2.05) is 0 Å². The summed E-state index contributed by atoms with van der Waals surface area (Å²) in [6.45, 7) is 0. The van der Waals surface area contributed by atoms with Crippen molar-refractivity contribution >= 4 is 29.3 Å². The molecule has 9 heteroatoms. The number of benzene rings is 1. The van der Waals surface area contributed by atoms with Gasteiger partial charge in [-0.25, -0.2) is 4.79 Å². The molecule has 1 atom stereocenters. The van der Waals surface area contributed by atoms with Crippen LogP contribution in [0.5, 0.6) is 0 Å². The third-order valence-corrected chi connectivity index (χ3v) is 3.49. The first-order chi connectivity index (χ1) is 10.1. The number of alkyl halides is 3. The Morgan fingerprint density at radius 1 is 1.36 bits per heavy atom. The number of anilines is 1. The zero-order chi connectivity index (χ0) is 17.0. The highest BCUT2D eigenvalue weighted by atomic mass is 32.2. The highest BCUT2D eigenvalue weighted by Crippen LogP contribution is 2.34. The molecule has 0 bridgehead atoms. The van der Waals surface area contributed by atoms with Gasteiger partial charge in [0.2, 0.25) is 5.91 Å². The van der Waals surface area contributed by atoms with Gasteiger partial charge in [0, 0.05) is 10.6 Å². The number of halogens is 3. The number of hydrogen-bond acceptors (Lipinski definition) is 5. The quantitative estimate of drug-likeness (QED) is 0.636. The molecule has 0 radical (unpaired) electrons. The molecule has 0 aromatic heterocycles. The fraction of sp³-hybridized carbons (Fsp3) is 0.385. The van der Waals surface area contributed by atoms with E-state index in [0.29, 0.717) is 7.11 Å². The van der Waals surface area contributed by atoms with Crippen molar-refractivity contribution in [1.29, 1.82) is 0 Å². The lowest BCUT2D eigenvalue weighted by atomic mass is 9.98. The molecule has 122 valence electrons. The molecule has 22 heavy (non-hydrogen) atoms. The SMILES string of the molecule is COC(=O)[C@](O)(CC(=O)Nc1cccc(SC)c1)C(F)(F)F. The molecule has 1 aromatic carbocycles. The van der Waals surface area contributed by atoms with Crippen molar-refractivity contribution in [3.63, 3.8) is 0 Å². The van der Waals surface area contributed by atoms with Crippen molar-refractivity contribution in [2.75, 3.05) is 18.7 Å². The summed E-state index contributed by atoms with van der Waals surface area (Å²) in [5.74, 6) is -3.10. The van der Waals surface area contributed by atoms with Crippen molar-refractivity contribution in [1.82, 2.24) is 0 Å². The van der Waals surface area contributed by atoms with Crippen molar-refractivity contribution in [3.8, 4) is 0 Å². The molecular weight excluding hydrogens is 323 g/mol. The smallest absolute Gasteiger partial charge is 0.428 e. The van der Waals surface area contributed by atoms with Crippen LogP contribution in [0.2, 0.25) is 0 Å². The van der Waals surface area contributed by atoms with Crippen LogP contribution < -0.4 is 5.32 Å². The Bertz CT molecular complexity index is 564. The van der Waals surface area contributed by atoms with Crippen LogP contribution in [0, 0.1) is 0 Å². The molecule has 2 N–H and O–H groups in total. The summed E-state index contributed by atoms with van der Waals surface area (Å²) < 4.78 is 42.4. The fourth-order valence-corrected chi connectivity index (χ4v) is 2.05. The summed E-state index contributed by atoms with van der Waals surface area (Å²) in [4.78, 5) is 23.7. The third-order valence-electron chi connectivity index (χ3n) is 2.76. The Morgan fingerprint density at radius 3 is 2.50 bits per heavy atom. The summed E-state index contributed by atoms with van der Waals surface area (Å²) >= 11 is 1.38. The van der Waals surface area contributed by atoms with Gasteiger partial charge in [-0.15, -0.1) is 11.8 Å². The van der Waals surface area contributed by atoms with Gasteiger partial charge in [0.1, 0.15) is 0 Å². The number of ether oxygens (including phenoxy) is 1. The van der Waals surface area contributed by atoms with E-state index >= 15 is 0 Å². The minimum Gasteiger partial charge on any atom is -0.467 e. The summed E-state index contributed by atoms with van der Waals surface area (Å²) in [5, 5.41) is 11.7. The number of rotatable bonds is 5. The predicted octanol–water partition coefficient (Wildman–Crippen LogP) is 2.20. The first-order valence-electron chi connectivity index (χ1n) is 5.95. The van der Waals surface area contributed by atoms with Gasteiger partial charge in [0.25, 0.3) is 5.60 Å². The van der Waals surface area contributed by atoms with E-state index in [-0.39, 0.29) is 5.69 Å². The first-order valence-corrected chi connectivity index (χ1v) is 7.18. The number of nitrogens with one attached hydrogen (secondary N) is 1. The van der Waals surface area contributed by atoms with Crippen LogP contribution in [0.4, 0.5) is 18.9 Å². The molecule has 1 rings (SSSR count). The van der Waals surface area contributed by atoms with Crippen LogP contribution in [0.15, 0.2) is 29.2 Å². The molecule has 1 amide bonds. The van der Waals surface area contributed by atoms with Gasteiger partial charge in [-0.2, -0.15) is 13.2 Å². The van der Waals surface area contributed by atoms with Crippen LogP contribution in [0.25, 0.3) is 0 Å². The Hall–Kier alpha value is -1.74. The van der Waals surface area contributed by atoms with Gasteiger partial charge in [-0.3, -0.25) is 4.79 Å². The predicted molar refractivity (Wildman–Crippen MR) is 74.5 cm³/mol. The molecule has 0 saturated heterocycles. The summed E-state index contributed by atoms with van der Waals surface area (Å²) in [6.07, 6.45) is -5.04. The van der Waals surface area contributed by atoms with Crippen LogP contribution in [-0.2, 0) is 14.3 Å². The maximum Gasteiger partial charge on any atom is 0.428 e. The average molecular weight is 337 g/mol. The Labute approximate surface area is 128 Å². The van der Waals surface area contributed by atoms with Gasteiger partial charge < -0.3 is 15.2 Å². The number of methoxy groups -OCH3 is 1. The van der Waals surface area contributed by atoms with Crippen molar-refractivity contribution < 1.29 is 32.6 Å². The standard InChI is InChI=1S/C13H14F3NO4S/c1-21-11(19)12(20,13(14,15)16)7-10(18)17-8-4-3-5-9(6-8)22-2/h3-6,20H,7H2,1-2H3,(H,17,18)/t12-/m1/s1. The zero-order valence-electron chi connectivity index (χ0n) is 11.7. The maximum atomic E-state index is 12.8. The van der Waals surface area contributed by atoms with Gasteiger partial charge in [0.05, 0.1) is 13.5 Å². The summed E-state index contributed by atoms with van der Waals surface area (Å²) in [5.41, 5.74) is -3.63. The van der Waals surface area contributed by atoms with Crippen LogP contribution in [-0.4, -0.2) is 42.1 Å². The van der Waals surface area contributed by atoms with Crippen LogP contribution in [0.1, 0.15) is 6.42 Å². The Morgan fingerprint density at radius 2 is 2.00 bits per heavy atom. The highest BCUT2D eigenvalue weighted by molar-refractivity contribution is 7.98. The molecule has 0 aliphatic carbocycles. The summed E-state index contributed by atoms with van der Waals surface area (Å²) in [6, 6.07) is 6.38. The van der Waals surface area contributed by atoms with E-state index in [1.54, 1.807) is 24.5 Å². The van der Waals surface area contributed by atoms with E-state index < -0.39 is 30.1 Å². The number of aliphatic hydroxyl groups is 1. The van der Waals surface area contributed by atoms with Gasteiger partial charge in [-0.05, 0) is 24.5 Å². The van der Waals surface area contributed by atoms with Crippen LogP contribution >= 0.6 is 11.8 Å². The summed E-state index contributed by atoms with van der Waals surface area (Å²) in [7, 11) is 0.693. The zero-order valence-corrected chi connectivity index (χ0v) is 12.5. The van der Waals surface area contributed by atoms with Gasteiger partial charge in [0.15, 0.2) is 0 Å². The molecule has 0 heterocycles. The maximum absolute atomic E-state index is 12.8. The van der Waals surface area contributed by atoms with Gasteiger partial charge >= 0.3 is 12.1 Å². The monoisotopic (exact) mass is 337 g/mol. The molecule has 0 saturated carbocycles. The van der Waals surface area contributed by atoms with Crippen molar-refractivity contribution in [3.05, 3.63) is 24.3 Å². The number of carbonyl (C=O) groups is 2. The number of esters is 1. The van der Waals surface area contributed by atoms with E-state index in [1.165, 1.54) is 17.8 Å². The molecule has 0 fully saturated rings. The van der Waals surface area contributed by atoms with E-state index in [0.717, 1.165) is 4.90 Å². The molecular formula is C13H14F3NO4S. The third kappa shape index (κ3) is 4.14. The fourth-order valence-electron chi connectivity index (χ4n) is 1.60. The van der Waals surface area contributed by atoms with Crippen molar-refractivity contribution in [2.45, 2.75) is 23.1 Å². The molecule has 0 aliphatic rings. The number of amides is 1. The van der Waals surface area contributed by atoms with Crippen molar-refractivity contribution in [2.24, 2.45) is 0 Å². The topological polar surface area (TPSA) is 75.6 Å². The van der Waals surface area contributed by atoms with E-state index in [2.05, 4.69) is 10.1 Å². The largest absolute Gasteiger partial charge is 0.467 e. The van der Waals surface area contributed by atoms with E-state index in [9.17, 15) is 27.9 Å². The second-order valence-corrected chi connectivity index (χ2v) is 5.19. The highest BCUT2D eigenvalue weighted by Gasteiger charge is 2.61. The average Bonchev–Trinajstić information content (AvgIpc) is 2.45. The molecule has 0 spiro atoms. The molecule has 0 aliphatic heterocycles. The lowest BCUT2D eigenvalue weighted by Crippen LogP contribution is -2.54. The Balaban J connectivity index is 2.90. The van der Waals surface area contributed by atoms with Gasteiger partial charge in [-0.1, -0.05) is 6.07 Å².